The van der Waals surface area contributed by atoms with Crippen LogP contribution < -0.4 is 5.19 Å². The van der Waals surface area contributed by atoms with Gasteiger partial charge in [0.05, 0.1) is 8.07 Å². The summed E-state index contributed by atoms with van der Waals surface area (Å²) >= 11 is 0. The van der Waals surface area contributed by atoms with E-state index in [1.807, 2.05) is 0 Å². The fourth-order valence-corrected chi connectivity index (χ4v) is 13.2. The highest BCUT2D eigenvalue weighted by Gasteiger charge is 2.46. The average Bonchev–Trinajstić information content (AvgIpc) is 2.88. The van der Waals surface area contributed by atoms with Crippen molar-refractivity contribution in [1.82, 2.24) is 0 Å². The van der Waals surface area contributed by atoms with Gasteiger partial charge >= 0.3 is 0 Å². The van der Waals surface area contributed by atoms with Crippen LogP contribution in [0.3, 0.4) is 0 Å². The lowest BCUT2D eigenvalue weighted by atomic mass is 9.85. The van der Waals surface area contributed by atoms with Crippen molar-refractivity contribution in [2.45, 2.75) is 108 Å². The molecule has 0 radical (unpaired) electrons. The molecule has 1 saturated heterocycles. The summed E-state index contributed by atoms with van der Waals surface area (Å²) in [6.45, 7) is 2.28. The molecule has 4 rings (SSSR count). The third-order valence-electron chi connectivity index (χ3n) is 9.08. The van der Waals surface area contributed by atoms with Gasteiger partial charge in [-0.15, -0.1) is 0 Å². The number of halogens is 2. The molecule has 0 atom stereocenters. The van der Waals surface area contributed by atoms with Crippen molar-refractivity contribution in [3.63, 3.8) is 0 Å². The summed E-state index contributed by atoms with van der Waals surface area (Å²) < 4.78 is 28.0. The smallest absolute Gasteiger partial charge is 0.187 e. The Hall–Kier alpha value is -1.68. The number of phenols is 1. The van der Waals surface area contributed by atoms with Crippen LogP contribution in [-0.2, 0) is 0 Å². The van der Waals surface area contributed by atoms with Gasteiger partial charge in [-0.2, -0.15) is 0 Å². The molecular weight excluding hydrogens is 442 g/mol. The molecule has 34 heavy (non-hydrogen) atoms. The number of rotatable bonds is 9. The maximum atomic E-state index is 14.0. The van der Waals surface area contributed by atoms with Crippen LogP contribution in [-0.4, -0.2) is 13.2 Å². The number of benzene rings is 2. The molecule has 1 N–H and O–H groups in total. The van der Waals surface area contributed by atoms with Crippen LogP contribution >= 0.6 is 0 Å². The van der Waals surface area contributed by atoms with E-state index < -0.39 is 25.5 Å². The molecule has 2 aromatic rings. The fourth-order valence-electron chi connectivity index (χ4n) is 7.03. The standard InChI is InChI=1S/C30H42F2OSi/c1-2-3-4-5-7-10-23-13-15-27(16-14-23)34(26-11-8-6-9-12-26)19-17-24(18-20-34)25-21-28(31)30(33)29(32)22-25/h6,8-9,11-12,21-24,27,33H,2-5,7,10,13-20H2,1H3. The number of phenolic OH excluding ortho intramolecular Hbond substituents is 1. The zero-order chi connectivity index (χ0) is 24.0. The molecule has 0 aromatic heterocycles. The predicted octanol–water partition coefficient (Wildman–Crippen LogP) is 8.82. The zero-order valence-corrected chi connectivity index (χ0v) is 21.9. The highest BCUT2D eigenvalue weighted by molar-refractivity contribution is 6.93. The summed E-state index contributed by atoms with van der Waals surface area (Å²) in [6, 6.07) is 16.4. The van der Waals surface area contributed by atoms with E-state index in [1.165, 1.54) is 88.4 Å². The van der Waals surface area contributed by atoms with Crippen LogP contribution in [0.15, 0.2) is 42.5 Å². The number of hydrogen-bond acceptors (Lipinski definition) is 1. The average molecular weight is 485 g/mol. The Morgan fingerprint density at radius 1 is 0.824 bits per heavy atom. The Bertz CT molecular complexity index is 876. The van der Waals surface area contributed by atoms with Gasteiger partial charge in [0.15, 0.2) is 17.4 Å². The maximum Gasteiger partial charge on any atom is 0.187 e. The Balaban J connectivity index is 1.42. The van der Waals surface area contributed by atoms with Gasteiger partial charge < -0.3 is 5.11 Å². The summed E-state index contributed by atoms with van der Waals surface area (Å²) in [5.74, 6) is -1.41. The summed E-state index contributed by atoms with van der Waals surface area (Å²) in [6.07, 6.45) is 15.8. The van der Waals surface area contributed by atoms with Crippen molar-refractivity contribution in [3.05, 3.63) is 59.7 Å². The van der Waals surface area contributed by atoms with Crippen LogP contribution in [0.1, 0.15) is 95.5 Å². The minimum atomic E-state index is -1.69. The van der Waals surface area contributed by atoms with Crippen LogP contribution in [0.5, 0.6) is 5.75 Å². The van der Waals surface area contributed by atoms with E-state index in [4.69, 9.17) is 0 Å². The summed E-state index contributed by atoms with van der Waals surface area (Å²) in [4.78, 5) is 0. The van der Waals surface area contributed by atoms with Gasteiger partial charge in [0.25, 0.3) is 0 Å². The molecule has 4 heteroatoms. The number of unbranched alkanes of at least 4 members (excludes halogenated alkanes) is 4. The van der Waals surface area contributed by atoms with E-state index in [1.54, 1.807) is 5.19 Å². The van der Waals surface area contributed by atoms with E-state index in [0.717, 1.165) is 29.9 Å². The van der Waals surface area contributed by atoms with Gasteiger partial charge in [0.2, 0.25) is 0 Å². The third-order valence-corrected chi connectivity index (χ3v) is 15.1. The van der Waals surface area contributed by atoms with Crippen LogP contribution in [0.2, 0.25) is 17.6 Å². The number of hydrogen-bond donors (Lipinski definition) is 1. The molecule has 0 spiro atoms. The Labute approximate surface area is 206 Å². The normalized spacial score (nSPS) is 27.6. The first-order valence-electron chi connectivity index (χ1n) is 13.8. The largest absolute Gasteiger partial charge is 0.503 e. The van der Waals surface area contributed by atoms with Crippen molar-refractivity contribution in [2.75, 3.05) is 0 Å². The molecule has 2 aromatic carbocycles. The van der Waals surface area contributed by atoms with E-state index in [9.17, 15) is 13.9 Å². The minimum Gasteiger partial charge on any atom is -0.503 e. The van der Waals surface area contributed by atoms with E-state index in [0.29, 0.717) is 0 Å². The monoisotopic (exact) mass is 484 g/mol. The van der Waals surface area contributed by atoms with Crippen LogP contribution in [0.25, 0.3) is 0 Å². The van der Waals surface area contributed by atoms with Gasteiger partial charge in [-0.25, -0.2) is 8.78 Å². The van der Waals surface area contributed by atoms with Crippen molar-refractivity contribution >= 4 is 13.3 Å². The van der Waals surface area contributed by atoms with Gasteiger partial charge in [-0.3, -0.25) is 0 Å². The molecule has 1 heterocycles. The van der Waals surface area contributed by atoms with Crippen molar-refractivity contribution in [1.29, 1.82) is 0 Å². The molecule has 1 nitrogen and oxygen atoms in total. The summed E-state index contributed by atoms with van der Waals surface area (Å²) in [5.41, 5.74) is 1.55. The van der Waals surface area contributed by atoms with E-state index in [2.05, 4.69) is 37.3 Å². The second kappa shape index (κ2) is 11.8. The van der Waals surface area contributed by atoms with Crippen molar-refractivity contribution < 1.29 is 13.9 Å². The molecule has 0 amide bonds. The lowest BCUT2D eigenvalue weighted by molar-refractivity contribution is 0.322. The van der Waals surface area contributed by atoms with Gasteiger partial charge in [0.1, 0.15) is 0 Å². The van der Waals surface area contributed by atoms with Crippen LogP contribution in [0.4, 0.5) is 8.78 Å². The first-order valence-corrected chi connectivity index (χ1v) is 16.3. The molecule has 2 aliphatic rings. The maximum absolute atomic E-state index is 14.0. The summed E-state index contributed by atoms with van der Waals surface area (Å²) in [7, 11) is -1.69. The fraction of sp³-hybridized carbons (Fsp3) is 0.600. The third kappa shape index (κ3) is 5.75. The van der Waals surface area contributed by atoms with E-state index >= 15 is 0 Å². The quantitative estimate of drug-likeness (QED) is 0.278. The molecule has 2 fully saturated rings. The Morgan fingerprint density at radius 3 is 2.06 bits per heavy atom. The zero-order valence-electron chi connectivity index (χ0n) is 20.9. The SMILES string of the molecule is CCCCCCCC1CCC([Si]2(c3ccccc3)CCC(c3cc(F)c(O)c(F)c3)CC2)CC1. The molecule has 0 bridgehead atoms. The molecular formula is C30H42F2OSi. The van der Waals surface area contributed by atoms with Crippen molar-refractivity contribution in [2.24, 2.45) is 5.92 Å². The molecule has 0 unspecified atom stereocenters. The highest BCUT2D eigenvalue weighted by Crippen LogP contribution is 2.50. The summed E-state index contributed by atoms with van der Waals surface area (Å²) in [5, 5.41) is 11.1. The van der Waals surface area contributed by atoms with Crippen molar-refractivity contribution in [3.8, 4) is 5.75 Å². The molecule has 1 aliphatic carbocycles. The lowest BCUT2D eigenvalue weighted by Gasteiger charge is -2.47. The molecule has 1 aliphatic heterocycles. The molecule has 186 valence electrons. The first kappa shape index (κ1) is 25.4. The van der Waals surface area contributed by atoms with E-state index in [-0.39, 0.29) is 5.92 Å². The minimum absolute atomic E-state index is 0.188. The number of aromatic hydroxyl groups is 1. The molecule has 1 saturated carbocycles. The lowest BCUT2D eigenvalue weighted by Crippen LogP contribution is -2.54. The Kier molecular flexibility index (Phi) is 8.85. The topological polar surface area (TPSA) is 20.2 Å². The first-order chi connectivity index (χ1) is 16.5. The predicted molar refractivity (Wildman–Crippen MR) is 141 cm³/mol. The van der Waals surface area contributed by atoms with Crippen LogP contribution in [0, 0.1) is 17.6 Å². The van der Waals surface area contributed by atoms with Gasteiger partial charge in [0, 0.05) is 0 Å². The second-order valence-corrected chi connectivity index (χ2v) is 15.8. The highest BCUT2D eigenvalue weighted by atomic mass is 28.3. The second-order valence-electron chi connectivity index (χ2n) is 11.1. The van der Waals surface area contributed by atoms with Gasteiger partial charge in [-0.05, 0) is 47.9 Å². The Morgan fingerprint density at radius 2 is 1.44 bits per heavy atom. The van der Waals surface area contributed by atoms with Gasteiger partial charge in [-0.1, -0.05) is 119 Å².